The Bertz CT molecular complexity index is 494. The lowest BCUT2D eigenvalue weighted by atomic mass is 10.4. The van der Waals surface area contributed by atoms with Gasteiger partial charge in [-0.15, -0.1) is 11.3 Å². The number of hydrogen-bond acceptors (Lipinski definition) is 5. The molecule has 0 radical (unpaired) electrons. The van der Waals surface area contributed by atoms with Gasteiger partial charge in [0.25, 0.3) is 0 Å². The van der Waals surface area contributed by atoms with Crippen molar-refractivity contribution in [2.24, 2.45) is 7.05 Å². The lowest BCUT2D eigenvalue weighted by molar-refractivity contribution is -0.115. The summed E-state index contributed by atoms with van der Waals surface area (Å²) in [6.07, 6.45) is 5.23. The summed E-state index contributed by atoms with van der Waals surface area (Å²) in [5, 5.41) is 5.83. The molecule has 0 unspecified atom stereocenters. The monoisotopic (exact) mass is 268 g/mol. The number of rotatable bonds is 4. The first kappa shape index (κ1) is 12.1. The largest absolute Gasteiger partial charge is 0.329 e. The Labute approximate surface area is 107 Å². The van der Waals surface area contributed by atoms with E-state index in [0.29, 0.717) is 5.13 Å². The molecule has 5 nitrogen and oxygen atoms in total. The molecule has 0 aliphatic heterocycles. The lowest BCUT2D eigenvalue weighted by Gasteiger charge is -2.09. The van der Waals surface area contributed by atoms with Crippen LogP contribution in [0.2, 0.25) is 0 Å². The predicted molar refractivity (Wildman–Crippen MR) is 69.3 cm³/mol. The van der Waals surface area contributed by atoms with Crippen LogP contribution in [0.3, 0.4) is 0 Å². The number of nitrogens with zero attached hydrogens (tertiary/aromatic N) is 3. The molecule has 7 heteroatoms. The van der Waals surface area contributed by atoms with Crippen molar-refractivity contribution in [2.45, 2.75) is 17.3 Å². The lowest BCUT2D eigenvalue weighted by Crippen LogP contribution is -2.22. The molecule has 0 aliphatic carbocycles. The van der Waals surface area contributed by atoms with Crippen LogP contribution in [0, 0.1) is 0 Å². The van der Waals surface area contributed by atoms with Crippen molar-refractivity contribution in [1.82, 2.24) is 14.5 Å². The topological polar surface area (TPSA) is 59.8 Å². The number of aromatic nitrogens is 3. The molecule has 0 aliphatic rings. The fourth-order valence-electron chi connectivity index (χ4n) is 1.17. The number of anilines is 1. The molecule has 90 valence electrons. The molecular formula is C10H12N4OS2. The van der Waals surface area contributed by atoms with Gasteiger partial charge in [-0.2, -0.15) is 0 Å². The molecule has 2 aromatic heterocycles. The van der Waals surface area contributed by atoms with E-state index in [4.69, 9.17) is 0 Å². The van der Waals surface area contributed by atoms with Gasteiger partial charge in [-0.1, -0.05) is 11.8 Å². The maximum atomic E-state index is 11.8. The van der Waals surface area contributed by atoms with E-state index in [-0.39, 0.29) is 11.2 Å². The molecule has 1 N–H and O–H groups in total. The van der Waals surface area contributed by atoms with Gasteiger partial charge < -0.3 is 9.88 Å². The van der Waals surface area contributed by atoms with Crippen molar-refractivity contribution in [3.8, 4) is 0 Å². The van der Waals surface area contributed by atoms with Crippen molar-refractivity contribution in [3.63, 3.8) is 0 Å². The third kappa shape index (κ3) is 3.07. The Kier molecular flexibility index (Phi) is 3.80. The van der Waals surface area contributed by atoms with Gasteiger partial charge in [-0.25, -0.2) is 9.97 Å². The van der Waals surface area contributed by atoms with Crippen molar-refractivity contribution >= 4 is 34.1 Å². The van der Waals surface area contributed by atoms with Crippen LogP contribution in [0.15, 0.2) is 29.1 Å². The molecule has 0 saturated heterocycles. The van der Waals surface area contributed by atoms with E-state index in [2.05, 4.69) is 15.3 Å². The second kappa shape index (κ2) is 5.33. The number of aryl methyl sites for hydroxylation is 1. The standard InChI is InChI=1S/C10H12N4OS2/c1-7(17-10-12-3-5-14(10)2)8(15)13-9-11-4-6-16-9/h3-7H,1-2H3,(H,11,13,15)/t7-/m0/s1. The highest BCUT2D eigenvalue weighted by Crippen LogP contribution is 2.22. The minimum absolute atomic E-state index is 0.0621. The van der Waals surface area contributed by atoms with Crippen LogP contribution >= 0.6 is 23.1 Å². The number of carbonyl (C=O) groups is 1. The SMILES string of the molecule is C[C@H](Sc1nccn1C)C(=O)Nc1nccs1. The molecule has 0 fully saturated rings. The van der Waals surface area contributed by atoms with Crippen LogP contribution in [0.25, 0.3) is 0 Å². The van der Waals surface area contributed by atoms with Crippen molar-refractivity contribution in [1.29, 1.82) is 0 Å². The molecule has 0 saturated carbocycles. The minimum atomic E-state index is -0.208. The summed E-state index contributed by atoms with van der Waals surface area (Å²) in [6, 6.07) is 0. The summed E-state index contributed by atoms with van der Waals surface area (Å²) in [4.78, 5) is 20.0. The van der Waals surface area contributed by atoms with E-state index < -0.39 is 0 Å². The summed E-state index contributed by atoms with van der Waals surface area (Å²) >= 11 is 2.83. The van der Waals surface area contributed by atoms with E-state index in [1.54, 1.807) is 12.4 Å². The molecule has 0 bridgehead atoms. The van der Waals surface area contributed by atoms with E-state index >= 15 is 0 Å². The molecule has 0 spiro atoms. The van der Waals surface area contributed by atoms with E-state index in [0.717, 1.165) is 5.16 Å². The van der Waals surface area contributed by atoms with Gasteiger partial charge in [0.1, 0.15) is 0 Å². The molecule has 2 heterocycles. The highest BCUT2D eigenvalue weighted by Gasteiger charge is 2.17. The summed E-state index contributed by atoms with van der Waals surface area (Å²) in [6.45, 7) is 1.85. The number of hydrogen-bond donors (Lipinski definition) is 1. The first-order valence-electron chi connectivity index (χ1n) is 5.01. The molecule has 2 aromatic rings. The number of amides is 1. The number of thiazole rings is 1. The molecule has 1 atom stereocenters. The summed E-state index contributed by atoms with van der Waals surface area (Å²) in [5.74, 6) is -0.0621. The van der Waals surface area contributed by atoms with Crippen LogP contribution in [0.4, 0.5) is 5.13 Å². The second-order valence-electron chi connectivity index (χ2n) is 3.41. The summed E-state index contributed by atoms with van der Waals surface area (Å²) in [7, 11) is 1.90. The quantitative estimate of drug-likeness (QED) is 0.862. The Hall–Kier alpha value is -1.34. The first-order valence-corrected chi connectivity index (χ1v) is 6.77. The molecule has 17 heavy (non-hydrogen) atoms. The normalized spacial score (nSPS) is 12.4. The van der Waals surface area contributed by atoms with Gasteiger partial charge >= 0.3 is 0 Å². The average molecular weight is 268 g/mol. The van der Waals surface area contributed by atoms with Crippen LogP contribution < -0.4 is 5.32 Å². The summed E-state index contributed by atoms with van der Waals surface area (Å²) in [5.41, 5.74) is 0. The molecule has 2 rings (SSSR count). The molecule has 0 aromatic carbocycles. The molecule has 1 amide bonds. The first-order chi connectivity index (χ1) is 8.16. The smallest absolute Gasteiger partial charge is 0.239 e. The van der Waals surface area contributed by atoms with Crippen molar-refractivity contribution in [3.05, 3.63) is 24.0 Å². The fourth-order valence-corrected chi connectivity index (χ4v) is 2.53. The van der Waals surface area contributed by atoms with E-state index in [1.807, 2.05) is 30.1 Å². The number of thioether (sulfide) groups is 1. The Morgan fingerprint density at radius 3 is 2.94 bits per heavy atom. The van der Waals surface area contributed by atoms with E-state index in [1.165, 1.54) is 23.1 Å². The van der Waals surface area contributed by atoms with Gasteiger partial charge in [-0.3, -0.25) is 4.79 Å². The third-order valence-electron chi connectivity index (χ3n) is 2.09. The van der Waals surface area contributed by atoms with Gasteiger partial charge in [0.2, 0.25) is 5.91 Å². The number of nitrogens with one attached hydrogen (secondary N) is 1. The summed E-state index contributed by atoms with van der Waals surface area (Å²) < 4.78 is 1.89. The fraction of sp³-hybridized carbons (Fsp3) is 0.300. The Balaban J connectivity index is 1.94. The minimum Gasteiger partial charge on any atom is -0.329 e. The Morgan fingerprint density at radius 2 is 2.35 bits per heavy atom. The van der Waals surface area contributed by atoms with Crippen LogP contribution in [0.5, 0.6) is 0 Å². The van der Waals surface area contributed by atoms with Gasteiger partial charge in [0.15, 0.2) is 10.3 Å². The van der Waals surface area contributed by atoms with Crippen molar-refractivity contribution in [2.75, 3.05) is 5.32 Å². The zero-order chi connectivity index (χ0) is 12.3. The van der Waals surface area contributed by atoms with Gasteiger partial charge in [0.05, 0.1) is 5.25 Å². The van der Waals surface area contributed by atoms with Crippen LogP contribution in [-0.4, -0.2) is 25.7 Å². The van der Waals surface area contributed by atoms with Crippen LogP contribution in [-0.2, 0) is 11.8 Å². The van der Waals surface area contributed by atoms with Crippen LogP contribution in [0.1, 0.15) is 6.92 Å². The van der Waals surface area contributed by atoms with E-state index in [9.17, 15) is 4.79 Å². The maximum absolute atomic E-state index is 11.8. The maximum Gasteiger partial charge on any atom is 0.239 e. The Morgan fingerprint density at radius 1 is 1.53 bits per heavy atom. The van der Waals surface area contributed by atoms with Crippen molar-refractivity contribution < 1.29 is 4.79 Å². The second-order valence-corrected chi connectivity index (χ2v) is 5.61. The number of imidazole rings is 1. The van der Waals surface area contributed by atoms with Gasteiger partial charge in [-0.05, 0) is 6.92 Å². The highest BCUT2D eigenvalue weighted by molar-refractivity contribution is 8.00. The zero-order valence-corrected chi connectivity index (χ0v) is 11.1. The average Bonchev–Trinajstić information content (AvgIpc) is 2.91. The third-order valence-corrected chi connectivity index (χ3v) is 3.95. The van der Waals surface area contributed by atoms with Gasteiger partial charge in [0, 0.05) is 31.0 Å². The zero-order valence-electron chi connectivity index (χ0n) is 9.45. The number of carbonyl (C=O) groups excluding carboxylic acids is 1. The molecular weight excluding hydrogens is 256 g/mol. The predicted octanol–water partition coefficient (Wildman–Crippen LogP) is 2.00. The highest BCUT2D eigenvalue weighted by atomic mass is 32.2.